The first-order valence-corrected chi connectivity index (χ1v) is 13.4. The third-order valence-electron chi connectivity index (χ3n) is 7.69. The van der Waals surface area contributed by atoms with Crippen molar-refractivity contribution in [3.63, 3.8) is 0 Å². The number of fused-ring (bicyclic) bond motifs is 4. The summed E-state index contributed by atoms with van der Waals surface area (Å²) in [4.78, 5) is 37.6. The van der Waals surface area contributed by atoms with Gasteiger partial charge in [0.15, 0.2) is 0 Å². The van der Waals surface area contributed by atoms with Crippen molar-refractivity contribution in [3.8, 4) is 10.6 Å². The number of rotatable bonds is 4. The van der Waals surface area contributed by atoms with Crippen LogP contribution in [-0.4, -0.2) is 84.2 Å². The average molecular weight is 517 g/mol. The molecule has 3 aliphatic heterocycles. The Morgan fingerprint density at radius 2 is 1.97 bits per heavy atom. The molecular formula is C25H28N10OS. The van der Waals surface area contributed by atoms with Gasteiger partial charge in [-0.15, -0.1) is 11.3 Å². The molecule has 11 nitrogen and oxygen atoms in total. The minimum atomic E-state index is 0.0790. The van der Waals surface area contributed by atoms with E-state index in [9.17, 15) is 4.79 Å². The third kappa shape index (κ3) is 3.91. The van der Waals surface area contributed by atoms with Gasteiger partial charge in [-0.05, 0) is 20.4 Å². The van der Waals surface area contributed by atoms with Crippen LogP contribution in [0.3, 0.4) is 0 Å². The molecule has 0 aliphatic carbocycles. The van der Waals surface area contributed by atoms with Crippen LogP contribution < -0.4 is 10.2 Å². The van der Waals surface area contributed by atoms with Gasteiger partial charge in [-0.25, -0.2) is 15.0 Å². The molecule has 2 atom stereocenters. The lowest BCUT2D eigenvalue weighted by Gasteiger charge is -2.32. The second kappa shape index (κ2) is 8.45. The van der Waals surface area contributed by atoms with Crippen molar-refractivity contribution in [1.29, 1.82) is 0 Å². The molecule has 7 heterocycles. The zero-order valence-electron chi connectivity index (χ0n) is 21.0. The van der Waals surface area contributed by atoms with Crippen LogP contribution in [0.5, 0.6) is 0 Å². The second-order valence-corrected chi connectivity index (χ2v) is 11.2. The van der Waals surface area contributed by atoms with Gasteiger partial charge in [-0.1, -0.05) is 0 Å². The molecular weight excluding hydrogens is 488 g/mol. The first kappa shape index (κ1) is 22.5. The van der Waals surface area contributed by atoms with E-state index in [4.69, 9.17) is 15.0 Å². The van der Waals surface area contributed by atoms with E-state index in [1.165, 1.54) is 6.42 Å². The smallest absolute Gasteiger partial charge is 0.227 e. The Balaban J connectivity index is 1.15. The number of carbonyl (C=O) groups is 1. The Morgan fingerprint density at radius 1 is 1.08 bits per heavy atom. The van der Waals surface area contributed by atoms with E-state index < -0.39 is 0 Å². The van der Waals surface area contributed by atoms with E-state index in [2.05, 4.69) is 32.2 Å². The van der Waals surface area contributed by atoms with Crippen molar-refractivity contribution in [1.82, 2.24) is 39.5 Å². The number of pyridine rings is 1. The monoisotopic (exact) mass is 516 g/mol. The van der Waals surface area contributed by atoms with Crippen LogP contribution in [-0.2, 0) is 17.9 Å². The molecule has 0 saturated carbocycles. The molecule has 7 rings (SSSR count). The number of amides is 1. The number of likely N-dealkylation sites (N-methyl/N-ethyl adjacent to an activating group) is 1. The summed E-state index contributed by atoms with van der Waals surface area (Å²) in [5, 5.41) is 8.79. The lowest BCUT2D eigenvalue weighted by molar-refractivity contribution is -0.130. The number of thiazole rings is 1. The normalized spacial score (nSPS) is 21.2. The molecule has 1 N–H and O–H groups in total. The Kier molecular flexibility index (Phi) is 5.15. The zero-order valence-corrected chi connectivity index (χ0v) is 21.9. The summed E-state index contributed by atoms with van der Waals surface area (Å²) in [6.45, 7) is 7.57. The van der Waals surface area contributed by atoms with Crippen molar-refractivity contribution >= 4 is 45.0 Å². The van der Waals surface area contributed by atoms with Crippen LogP contribution in [0.25, 0.3) is 20.8 Å². The highest BCUT2D eigenvalue weighted by Crippen LogP contribution is 2.35. The van der Waals surface area contributed by atoms with Gasteiger partial charge in [0.2, 0.25) is 11.9 Å². The number of likely N-dealkylation sites (tertiary alicyclic amines) is 1. The molecule has 0 unspecified atom stereocenters. The highest BCUT2D eigenvalue weighted by molar-refractivity contribution is 7.21. The summed E-state index contributed by atoms with van der Waals surface area (Å²) >= 11 is 1.59. The molecule has 0 spiro atoms. The number of hydrogen-bond acceptors (Lipinski definition) is 10. The van der Waals surface area contributed by atoms with Crippen molar-refractivity contribution in [3.05, 3.63) is 35.9 Å². The number of piperazine rings is 1. The predicted molar refractivity (Wildman–Crippen MR) is 142 cm³/mol. The summed E-state index contributed by atoms with van der Waals surface area (Å²) in [6.07, 6.45) is 4.88. The number of nitrogens with one attached hydrogen (secondary N) is 1. The molecule has 4 aromatic heterocycles. The minimum absolute atomic E-state index is 0.0790. The maximum absolute atomic E-state index is 11.9. The summed E-state index contributed by atoms with van der Waals surface area (Å²) < 4.78 is 2.97. The Hall–Kier alpha value is -3.64. The number of carbonyl (C=O) groups excluding carboxylic acids is 1. The molecule has 0 aromatic carbocycles. The molecule has 4 aromatic rings. The first-order chi connectivity index (χ1) is 17.9. The SMILES string of the molecule is CC(=O)N1CCn2ncc(-c3nc4cc(Nc5cc(C)nc(N6C[C@@H]7C[C@H]6CN7C)n5)ncc4s3)c2C1. The highest BCUT2D eigenvalue weighted by Gasteiger charge is 2.42. The maximum Gasteiger partial charge on any atom is 0.227 e. The highest BCUT2D eigenvalue weighted by atomic mass is 32.1. The van der Waals surface area contributed by atoms with Gasteiger partial charge in [0, 0.05) is 62.7 Å². The van der Waals surface area contributed by atoms with Gasteiger partial charge in [0.05, 0.1) is 40.8 Å². The lowest BCUT2D eigenvalue weighted by Crippen LogP contribution is -2.45. The number of nitrogens with zero attached hydrogens (tertiary/aromatic N) is 9. The standard InChI is InChI=1S/C25H28N10OS/c1-14-6-23(31-25(28-14)34-12-16-7-17(34)11-32(16)3)30-22-8-19-21(10-26-22)37-24(29-19)18-9-27-35-5-4-33(15(2)36)13-20(18)35/h6,8-10,16-17H,4-5,7,11-13H2,1-3H3,(H,26,28,30,31)/t16-,17-/m0/s1. The minimum Gasteiger partial charge on any atom is -0.335 e. The van der Waals surface area contributed by atoms with E-state index >= 15 is 0 Å². The number of anilines is 3. The van der Waals surface area contributed by atoms with E-state index in [-0.39, 0.29) is 5.91 Å². The van der Waals surface area contributed by atoms with E-state index in [0.717, 1.165) is 57.0 Å². The fraction of sp³-hybridized carbons (Fsp3) is 0.440. The molecule has 2 fully saturated rings. The molecule has 0 radical (unpaired) electrons. The molecule has 12 heteroatoms. The molecule has 3 aliphatic rings. The molecule has 190 valence electrons. The largest absolute Gasteiger partial charge is 0.335 e. The van der Waals surface area contributed by atoms with Gasteiger partial charge in [0.1, 0.15) is 16.6 Å². The van der Waals surface area contributed by atoms with Gasteiger partial charge in [-0.2, -0.15) is 10.1 Å². The van der Waals surface area contributed by atoms with Gasteiger partial charge in [0.25, 0.3) is 0 Å². The quantitative estimate of drug-likeness (QED) is 0.438. The van der Waals surface area contributed by atoms with E-state index in [0.29, 0.717) is 37.5 Å². The number of aromatic nitrogens is 6. The van der Waals surface area contributed by atoms with E-state index in [1.807, 2.05) is 41.0 Å². The topological polar surface area (TPSA) is 108 Å². The van der Waals surface area contributed by atoms with Crippen molar-refractivity contribution in [2.24, 2.45) is 0 Å². The van der Waals surface area contributed by atoms with Crippen LogP contribution in [0.1, 0.15) is 24.7 Å². The van der Waals surface area contributed by atoms with Gasteiger partial charge in [-0.3, -0.25) is 14.4 Å². The summed E-state index contributed by atoms with van der Waals surface area (Å²) in [7, 11) is 2.19. The van der Waals surface area contributed by atoms with Crippen molar-refractivity contribution in [2.45, 2.75) is 45.4 Å². The Bertz CT molecular complexity index is 1530. The van der Waals surface area contributed by atoms with Crippen LogP contribution in [0.4, 0.5) is 17.6 Å². The average Bonchev–Trinajstić information content (AvgIpc) is 3.64. The van der Waals surface area contributed by atoms with Crippen molar-refractivity contribution < 1.29 is 4.79 Å². The summed E-state index contributed by atoms with van der Waals surface area (Å²) in [5.41, 5.74) is 3.79. The van der Waals surface area contributed by atoms with Crippen LogP contribution in [0.15, 0.2) is 24.5 Å². The van der Waals surface area contributed by atoms with Gasteiger partial charge >= 0.3 is 0 Å². The second-order valence-electron chi connectivity index (χ2n) is 10.2. The fourth-order valence-electron chi connectivity index (χ4n) is 5.70. The molecule has 2 saturated heterocycles. The van der Waals surface area contributed by atoms with Crippen molar-refractivity contribution in [2.75, 3.05) is 36.9 Å². The number of hydrogen-bond donors (Lipinski definition) is 1. The predicted octanol–water partition coefficient (Wildman–Crippen LogP) is 2.65. The Morgan fingerprint density at radius 3 is 2.76 bits per heavy atom. The first-order valence-electron chi connectivity index (χ1n) is 12.6. The summed E-state index contributed by atoms with van der Waals surface area (Å²) in [6, 6.07) is 4.96. The van der Waals surface area contributed by atoms with Crippen LogP contribution in [0.2, 0.25) is 0 Å². The molecule has 2 bridgehead atoms. The lowest BCUT2D eigenvalue weighted by atomic mass is 10.2. The molecule has 37 heavy (non-hydrogen) atoms. The summed E-state index contributed by atoms with van der Waals surface area (Å²) in [5.74, 6) is 2.29. The van der Waals surface area contributed by atoms with Gasteiger partial charge < -0.3 is 15.1 Å². The Labute approximate surface area is 218 Å². The van der Waals surface area contributed by atoms with Crippen LogP contribution >= 0.6 is 11.3 Å². The van der Waals surface area contributed by atoms with E-state index in [1.54, 1.807) is 18.3 Å². The maximum atomic E-state index is 11.9. The third-order valence-corrected chi connectivity index (χ3v) is 8.73. The molecule has 1 amide bonds. The zero-order chi connectivity index (χ0) is 25.3. The number of aryl methyl sites for hydroxylation is 1. The van der Waals surface area contributed by atoms with Crippen LogP contribution in [0, 0.1) is 6.92 Å². The fourth-order valence-corrected chi connectivity index (χ4v) is 6.65.